The van der Waals surface area contributed by atoms with Crippen molar-refractivity contribution in [3.8, 4) is 5.75 Å². The van der Waals surface area contributed by atoms with Crippen molar-refractivity contribution >= 4 is 5.97 Å². The van der Waals surface area contributed by atoms with E-state index in [1.165, 1.54) is 0 Å². The number of rotatable bonds is 5. The first-order valence-corrected chi connectivity index (χ1v) is 7.50. The molecule has 0 aliphatic rings. The average Bonchev–Trinajstić information content (AvgIpc) is 2.44. The van der Waals surface area contributed by atoms with Crippen LogP contribution in [0.3, 0.4) is 0 Å². The summed E-state index contributed by atoms with van der Waals surface area (Å²) < 4.78 is 10.8. The average molecular weight is 292 g/mol. The summed E-state index contributed by atoms with van der Waals surface area (Å²) in [5.74, 6) is 0.633. The molecular weight excluding hydrogens is 264 g/mol. The fourth-order valence-electron chi connectivity index (χ4n) is 2.75. The smallest absolute Gasteiger partial charge is 0.312 e. The van der Waals surface area contributed by atoms with Gasteiger partial charge in [0.15, 0.2) is 0 Å². The summed E-state index contributed by atoms with van der Waals surface area (Å²) in [6, 6.07) is 7.86. The van der Waals surface area contributed by atoms with Gasteiger partial charge >= 0.3 is 5.97 Å². The van der Waals surface area contributed by atoms with E-state index in [9.17, 15) is 4.79 Å². The molecule has 0 spiro atoms. The van der Waals surface area contributed by atoms with Crippen LogP contribution in [0.1, 0.15) is 53.0 Å². The molecule has 3 nitrogen and oxygen atoms in total. The number of methoxy groups -OCH3 is 1. The van der Waals surface area contributed by atoms with E-state index >= 15 is 0 Å². The molecule has 0 radical (unpaired) electrons. The Hall–Kier alpha value is -1.51. The molecule has 2 atom stereocenters. The Kier molecular flexibility index (Phi) is 5.43. The van der Waals surface area contributed by atoms with Crippen molar-refractivity contribution in [3.63, 3.8) is 0 Å². The first kappa shape index (κ1) is 17.5. The highest BCUT2D eigenvalue weighted by Crippen LogP contribution is 2.51. The molecule has 21 heavy (non-hydrogen) atoms. The first-order chi connectivity index (χ1) is 9.70. The van der Waals surface area contributed by atoms with Gasteiger partial charge in [-0.25, -0.2) is 0 Å². The maximum atomic E-state index is 12.7. The lowest BCUT2D eigenvalue weighted by atomic mass is 9.59. The SMILES string of the molecule is CCOC(=O)C(C)(C(C)c1ccccc1OC)C(C)(C)C. The third-order valence-corrected chi connectivity index (χ3v) is 4.73. The topological polar surface area (TPSA) is 35.5 Å². The summed E-state index contributed by atoms with van der Waals surface area (Å²) in [5, 5.41) is 0. The second-order valence-electron chi connectivity index (χ2n) is 6.64. The third-order valence-electron chi connectivity index (χ3n) is 4.73. The highest BCUT2D eigenvalue weighted by Gasteiger charge is 2.50. The van der Waals surface area contributed by atoms with Crippen molar-refractivity contribution in [1.29, 1.82) is 0 Å². The Morgan fingerprint density at radius 1 is 1.19 bits per heavy atom. The van der Waals surface area contributed by atoms with Gasteiger partial charge in [-0.1, -0.05) is 45.9 Å². The van der Waals surface area contributed by atoms with E-state index in [0.29, 0.717) is 6.61 Å². The van der Waals surface area contributed by atoms with Crippen molar-refractivity contribution < 1.29 is 14.3 Å². The summed E-state index contributed by atoms with van der Waals surface area (Å²) in [6.45, 7) is 12.5. The van der Waals surface area contributed by atoms with Gasteiger partial charge in [-0.2, -0.15) is 0 Å². The van der Waals surface area contributed by atoms with Crippen molar-refractivity contribution in [3.05, 3.63) is 29.8 Å². The van der Waals surface area contributed by atoms with Gasteiger partial charge in [0.25, 0.3) is 0 Å². The molecule has 1 aromatic rings. The van der Waals surface area contributed by atoms with Crippen LogP contribution in [-0.2, 0) is 9.53 Å². The normalized spacial score (nSPS) is 16.0. The monoisotopic (exact) mass is 292 g/mol. The lowest BCUT2D eigenvalue weighted by Gasteiger charge is -2.44. The van der Waals surface area contributed by atoms with Gasteiger partial charge in [-0.15, -0.1) is 0 Å². The van der Waals surface area contributed by atoms with E-state index in [2.05, 4.69) is 27.7 Å². The largest absolute Gasteiger partial charge is 0.496 e. The summed E-state index contributed by atoms with van der Waals surface area (Å²) in [6.07, 6.45) is 0. The number of carbonyl (C=O) groups excluding carboxylic acids is 1. The molecule has 0 heterocycles. The predicted molar refractivity (Wildman–Crippen MR) is 85.6 cm³/mol. The van der Waals surface area contributed by atoms with E-state index in [1.807, 2.05) is 38.1 Å². The molecule has 0 aliphatic heterocycles. The van der Waals surface area contributed by atoms with Gasteiger partial charge in [0.05, 0.1) is 19.1 Å². The molecule has 0 saturated heterocycles. The van der Waals surface area contributed by atoms with Crippen LogP contribution in [0, 0.1) is 10.8 Å². The van der Waals surface area contributed by atoms with Gasteiger partial charge in [0.1, 0.15) is 5.75 Å². The molecule has 2 unspecified atom stereocenters. The lowest BCUT2D eigenvalue weighted by Crippen LogP contribution is -2.45. The Balaban J connectivity index is 3.36. The highest BCUT2D eigenvalue weighted by molar-refractivity contribution is 5.79. The van der Waals surface area contributed by atoms with Crippen LogP contribution < -0.4 is 4.74 Å². The van der Waals surface area contributed by atoms with Crippen molar-refractivity contribution in [1.82, 2.24) is 0 Å². The van der Waals surface area contributed by atoms with Crippen molar-refractivity contribution in [2.45, 2.75) is 47.5 Å². The number of carbonyl (C=O) groups is 1. The second-order valence-corrected chi connectivity index (χ2v) is 6.64. The molecule has 3 heteroatoms. The zero-order chi connectivity index (χ0) is 16.3. The zero-order valence-corrected chi connectivity index (χ0v) is 14.3. The van der Waals surface area contributed by atoms with Crippen LogP contribution in [-0.4, -0.2) is 19.7 Å². The first-order valence-electron chi connectivity index (χ1n) is 7.50. The quantitative estimate of drug-likeness (QED) is 0.754. The maximum absolute atomic E-state index is 12.7. The Bertz CT molecular complexity index is 487. The number of benzene rings is 1. The standard InChI is InChI=1S/C18H28O3/c1-8-21-16(19)18(6,17(3,4)5)13(2)14-11-9-10-12-15(14)20-7/h9-13H,8H2,1-7H3. The van der Waals surface area contributed by atoms with E-state index in [-0.39, 0.29) is 17.3 Å². The fourth-order valence-corrected chi connectivity index (χ4v) is 2.75. The number of para-hydroxylation sites is 1. The number of ether oxygens (including phenoxy) is 2. The van der Waals surface area contributed by atoms with Gasteiger partial charge in [-0.3, -0.25) is 4.79 Å². The molecule has 0 bridgehead atoms. The molecule has 0 aliphatic carbocycles. The molecule has 0 saturated carbocycles. The Morgan fingerprint density at radius 3 is 2.24 bits per heavy atom. The summed E-state index contributed by atoms with van der Waals surface area (Å²) in [5.41, 5.74) is 0.155. The molecule has 1 aromatic carbocycles. The minimum atomic E-state index is -0.641. The van der Waals surface area contributed by atoms with Crippen molar-refractivity contribution in [2.75, 3.05) is 13.7 Å². The van der Waals surface area contributed by atoms with Crippen LogP contribution in [0.25, 0.3) is 0 Å². The van der Waals surface area contributed by atoms with E-state index in [0.717, 1.165) is 11.3 Å². The molecule has 118 valence electrons. The third kappa shape index (κ3) is 3.22. The molecule has 0 amide bonds. The predicted octanol–water partition coefficient (Wildman–Crippen LogP) is 4.41. The number of hydrogen-bond donors (Lipinski definition) is 0. The highest BCUT2D eigenvalue weighted by atomic mass is 16.5. The summed E-state index contributed by atoms with van der Waals surface area (Å²) in [7, 11) is 1.66. The van der Waals surface area contributed by atoms with E-state index < -0.39 is 5.41 Å². The zero-order valence-electron chi connectivity index (χ0n) is 14.3. The number of hydrogen-bond acceptors (Lipinski definition) is 3. The second kappa shape index (κ2) is 6.50. The molecule has 0 fully saturated rings. The summed E-state index contributed by atoms with van der Waals surface area (Å²) >= 11 is 0. The minimum Gasteiger partial charge on any atom is -0.496 e. The fraction of sp³-hybridized carbons (Fsp3) is 0.611. The van der Waals surface area contributed by atoms with Gasteiger partial charge in [-0.05, 0) is 30.9 Å². The molecule has 0 aromatic heterocycles. The maximum Gasteiger partial charge on any atom is 0.312 e. The van der Waals surface area contributed by atoms with Gasteiger partial charge in [0.2, 0.25) is 0 Å². The van der Waals surface area contributed by atoms with Gasteiger partial charge < -0.3 is 9.47 Å². The summed E-state index contributed by atoms with van der Waals surface area (Å²) in [4.78, 5) is 12.7. The minimum absolute atomic E-state index is 0.0206. The Morgan fingerprint density at radius 2 is 1.76 bits per heavy atom. The van der Waals surface area contributed by atoms with Crippen molar-refractivity contribution in [2.24, 2.45) is 10.8 Å². The van der Waals surface area contributed by atoms with Crippen LogP contribution in [0.5, 0.6) is 5.75 Å². The van der Waals surface area contributed by atoms with Crippen LogP contribution in [0.15, 0.2) is 24.3 Å². The van der Waals surface area contributed by atoms with Crippen LogP contribution >= 0.6 is 0 Å². The molecule has 0 N–H and O–H groups in total. The van der Waals surface area contributed by atoms with E-state index in [4.69, 9.17) is 9.47 Å². The van der Waals surface area contributed by atoms with Crippen LogP contribution in [0.4, 0.5) is 0 Å². The van der Waals surface area contributed by atoms with Gasteiger partial charge in [0, 0.05) is 5.92 Å². The molecular formula is C18H28O3. The molecule has 1 rings (SSSR count). The van der Waals surface area contributed by atoms with Crippen LogP contribution in [0.2, 0.25) is 0 Å². The van der Waals surface area contributed by atoms with E-state index in [1.54, 1.807) is 7.11 Å². The lowest BCUT2D eigenvalue weighted by molar-refractivity contribution is -0.163. The number of esters is 1. The Labute approximate surface area is 128 Å².